The number of rotatable bonds is 7. The Morgan fingerprint density at radius 2 is 0.808 bits per heavy atom. The molecular weight excluding hydrogens is 580 g/mol. The summed E-state index contributed by atoms with van der Waals surface area (Å²) >= 11 is 0. The lowest BCUT2D eigenvalue weighted by molar-refractivity contribution is -0.001000. The van der Waals surface area contributed by atoms with Gasteiger partial charge in [-0.25, -0.2) is 0 Å². The van der Waals surface area contributed by atoms with Gasteiger partial charge < -0.3 is 48.0 Å². The van der Waals surface area contributed by atoms with Gasteiger partial charge in [0.25, 0.3) is 0 Å². The lowest BCUT2D eigenvalue weighted by Crippen LogP contribution is -3.00. The van der Waals surface area contributed by atoms with Crippen LogP contribution in [-0.2, 0) is 0 Å². The quantitative estimate of drug-likeness (QED) is 0.305. The Kier molecular flexibility index (Phi) is 12.0. The van der Waals surface area contributed by atoms with E-state index >= 15 is 0 Å². The average Bonchev–Trinajstić information content (AvgIpc) is 2.66. The summed E-state index contributed by atoms with van der Waals surface area (Å²) in [5, 5.41) is 3.25. The first-order chi connectivity index (χ1) is 11.5. The zero-order valence-corrected chi connectivity index (χ0v) is 23.2. The molecule has 0 bridgehead atoms. The molecule has 0 heterocycles. The molecule has 0 nitrogen and oxygen atoms in total. The molecule has 0 aliphatic heterocycles. The van der Waals surface area contributed by atoms with E-state index in [2.05, 4.69) is 89.6 Å². The molecule has 0 spiro atoms. The summed E-state index contributed by atoms with van der Waals surface area (Å²) in [4.78, 5) is 0. The van der Waals surface area contributed by atoms with Crippen LogP contribution in [-0.4, -0.2) is 38.0 Å². The van der Waals surface area contributed by atoms with Gasteiger partial charge in [0.2, 0.25) is 0 Å². The summed E-state index contributed by atoms with van der Waals surface area (Å²) in [6, 6.07) is 18.5. The van der Waals surface area contributed by atoms with Crippen LogP contribution in [0.2, 0.25) is 0 Å². The van der Waals surface area contributed by atoms with Gasteiger partial charge in [-0.05, 0) is 39.8 Å². The molecule has 0 radical (unpaired) electrons. The Balaban J connectivity index is 0.00000312. The van der Waals surface area contributed by atoms with Crippen LogP contribution in [0, 0.1) is 0 Å². The van der Waals surface area contributed by atoms with Crippen LogP contribution >= 0.6 is 14.5 Å². The average molecular weight is 614 g/mol. The standard InChI is InChI=1S/C22H34P2.2HI/c1-7-23(5,8-2)21-17-13-11-15-19(21)20-16-12-14-18-22(20)24(6,9-3)10-4;;/h11-18H,7-10H2,1-6H3;2*1H/q+2;;/p-2. The van der Waals surface area contributed by atoms with E-state index in [0.717, 1.165) is 0 Å². The second-order valence-corrected chi connectivity index (χ2v) is 16.2. The third kappa shape index (κ3) is 5.43. The van der Waals surface area contributed by atoms with E-state index < -0.39 is 14.5 Å². The van der Waals surface area contributed by atoms with E-state index in [1.165, 1.54) is 35.8 Å². The van der Waals surface area contributed by atoms with Crippen LogP contribution in [0.3, 0.4) is 0 Å². The molecule has 0 aliphatic carbocycles. The monoisotopic (exact) mass is 614 g/mol. The molecule has 0 saturated heterocycles. The van der Waals surface area contributed by atoms with E-state index in [1.807, 2.05) is 0 Å². The third-order valence-electron chi connectivity index (χ3n) is 6.05. The number of benzene rings is 2. The van der Waals surface area contributed by atoms with Crippen molar-refractivity contribution in [2.75, 3.05) is 38.0 Å². The SMILES string of the molecule is CC[P+](C)(CC)c1ccccc1-c1ccccc1[P+](C)(CC)CC.[I-].[I-]. The summed E-state index contributed by atoms with van der Waals surface area (Å²) in [6.07, 6.45) is 5.15. The maximum Gasteiger partial charge on any atom is 0.102 e. The van der Waals surface area contributed by atoms with Crippen LogP contribution < -0.4 is 58.6 Å². The van der Waals surface area contributed by atoms with E-state index in [0.29, 0.717) is 0 Å². The van der Waals surface area contributed by atoms with Crippen molar-refractivity contribution in [2.24, 2.45) is 0 Å². The molecule has 4 heteroatoms. The molecule has 0 N–H and O–H groups in total. The highest BCUT2D eigenvalue weighted by Crippen LogP contribution is 2.57. The van der Waals surface area contributed by atoms with Gasteiger partial charge in [0.15, 0.2) is 0 Å². The Morgan fingerprint density at radius 1 is 0.538 bits per heavy atom. The Labute approximate surface area is 197 Å². The highest BCUT2D eigenvalue weighted by atomic mass is 127. The van der Waals surface area contributed by atoms with Crippen LogP contribution in [0.25, 0.3) is 11.1 Å². The lowest BCUT2D eigenvalue weighted by atomic mass is 10.1. The maximum absolute atomic E-state index is 2.53. The van der Waals surface area contributed by atoms with Crippen LogP contribution in [0.5, 0.6) is 0 Å². The number of hydrogen-bond acceptors (Lipinski definition) is 0. The highest BCUT2D eigenvalue weighted by molar-refractivity contribution is 7.83. The van der Waals surface area contributed by atoms with Crippen molar-refractivity contribution in [1.29, 1.82) is 0 Å². The lowest BCUT2D eigenvalue weighted by Gasteiger charge is -2.26. The Morgan fingerprint density at radius 3 is 1.08 bits per heavy atom. The summed E-state index contributed by atoms with van der Waals surface area (Å²) in [7, 11) is -2.13. The molecule has 2 aromatic rings. The van der Waals surface area contributed by atoms with Crippen molar-refractivity contribution in [1.82, 2.24) is 0 Å². The predicted molar refractivity (Wildman–Crippen MR) is 119 cm³/mol. The minimum absolute atomic E-state index is 0. The number of halogens is 2. The zero-order chi connectivity index (χ0) is 17.8. The van der Waals surface area contributed by atoms with Gasteiger partial charge in [-0.2, -0.15) is 0 Å². The van der Waals surface area contributed by atoms with Crippen molar-refractivity contribution in [3.05, 3.63) is 48.5 Å². The van der Waals surface area contributed by atoms with E-state index in [1.54, 1.807) is 10.6 Å². The fraction of sp³-hybridized carbons (Fsp3) is 0.455. The van der Waals surface area contributed by atoms with Gasteiger partial charge in [0.05, 0.1) is 38.0 Å². The highest BCUT2D eigenvalue weighted by Gasteiger charge is 2.37. The van der Waals surface area contributed by atoms with E-state index in [4.69, 9.17) is 0 Å². The van der Waals surface area contributed by atoms with Crippen molar-refractivity contribution < 1.29 is 48.0 Å². The van der Waals surface area contributed by atoms with Crippen LogP contribution in [0.4, 0.5) is 0 Å². The van der Waals surface area contributed by atoms with E-state index in [9.17, 15) is 0 Å². The van der Waals surface area contributed by atoms with Crippen LogP contribution in [0.15, 0.2) is 48.5 Å². The molecule has 2 aromatic carbocycles. The first kappa shape index (κ1) is 26.8. The molecule has 0 aromatic heterocycles. The number of hydrogen-bond donors (Lipinski definition) is 0. The zero-order valence-electron chi connectivity index (χ0n) is 17.1. The van der Waals surface area contributed by atoms with Gasteiger partial charge in [-0.3, -0.25) is 0 Å². The Hall–Kier alpha value is 0.760. The first-order valence-electron chi connectivity index (χ1n) is 9.34. The third-order valence-corrected chi connectivity index (χ3v) is 14.7. The second kappa shape index (κ2) is 11.7. The maximum atomic E-state index is 2.53. The molecule has 0 unspecified atom stereocenters. The molecule has 2 rings (SSSR count). The van der Waals surface area contributed by atoms with Crippen molar-refractivity contribution in [2.45, 2.75) is 27.7 Å². The van der Waals surface area contributed by atoms with Gasteiger partial charge in [-0.15, -0.1) is 0 Å². The minimum atomic E-state index is -1.06. The van der Waals surface area contributed by atoms with Crippen LogP contribution in [0.1, 0.15) is 27.7 Å². The topological polar surface area (TPSA) is 0 Å². The first-order valence-corrected chi connectivity index (χ1v) is 14.6. The largest absolute Gasteiger partial charge is 1.00 e. The Bertz CT molecular complexity index is 618. The van der Waals surface area contributed by atoms with Gasteiger partial charge >= 0.3 is 0 Å². The van der Waals surface area contributed by atoms with Crippen molar-refractivity contribution in [3.8, 4) is 11.1 Å². The van der Waals surface area contributed by atoms with Gasteiger partial charge in [0, 0.05) is 25.7 Å². The summed E-state index contributed by atoms with van der Waals surface area (Å²) in [6.45, 7) is 14.5. The summed E-state index contributed by atoms with van der Waals surface area (Å²) in [5.41, 5.74) is 3.00. The molecule has 0 aliphatic rings. The van der Waals surface area contributed by atoms with Crippen molar-refractivity contribution in [3.63, 3.8) is 0 Å². The summed E-state index contributed by atoms with van der Waals surface area (Å²) < 4.78 is 0. The van der Waals surface area contributed by atoms with E-state index in [-0.39, 0.29) is 48.0 Å². The molecule has 0 fully saturated rings. The molecule has 0 amide bonds. The molecule has 0 atom stereocenters. The summed E-state index contributed by atoms with van der Waals surface area (Å²) in [5.74, 6) is 0. The smallest absolute Gasteiger partial charge is 0.102 e. The molecular formula is C22H34I2P2. The predicted octanol–water partition coefficient (Wildman–Crippen LogP) is -0.0134. The molecule has 26 heavy (non-hydrogen) atoms. The fourth-order valence-electron chi connectivity index (χ4n) is 3.47. The van der Waals surface area contributed by atoms with Crippen molar-refractivity contribution >= 4 is 25.1 Å². The molecule has 146 valence electrons. The second-order valence-electron chi connectivity index (χ2n) is 7.09. The van der Waals surface area contributed by atoms with Gasteiger partial charge in [0.1, 0.15) is 10.6 Å². The normalized spacial score (nSPS) is 11.5. The minimum Gasteiger partial charge on any atom is -1.00 e. The fourth-order valence-corrected chi connectivity index (χ4v) is 8.18. The van der Waals surface area contributed by atoms with Gasteiger partial charge in [-0.1, -0.05) is 36.4 Å². The molecule has 0 saturated carbocycles.